The summed E-state index contributed by atoms with van der Waals surface area (Å²) < 4.78 is 5.80. The van der Waals surface area contributed by atoms with Crippen molar-refractivity contribution in [1.29, 1.82) is 0 Å². The monoisotopic (exact) mass is 314 g/mol. The molecule has 1 aromatic heterocycles. The van der Waals surface area contributed by atoms with Gasteiger partial charge in [-0.05, 0) is 40.9 Å². The fourth-order valence-corrected chi connectivity index (χ4v) is 2.04. The van der Waals surface area contributed by atoms with Crippen molar-refractivity contribution in [2.75, 3.05) is 12.4 Å². The number of ether oxygens (including phenoxy) is 1. The Balaban J connectivity index is 0.000000771. The fraction of sp³-hybridized carbons (Fsp3) is 0.538. The van der Waals surface area contributed by atoms with Crippen LogP contribution in [0, 0.1) is 5.92 Å². The van der Waals surface area contributed by atoms with Gasteiger partial charge in [-0.2, -0.15) is 0 Å². The molecule has 1 amide bonds. The van der Waals surface area contributed by atoms with Crippen LogP contribution in [0.25, 0.3) is 0 Å². The van der Waals surface area contributed by atoms with Gasteiger partial charge in [0.15, 0.2) is 0 Å². The predicted molar refractivity (Wildman–Crippen MR) is 75.4 cm³/mol. The summed E-state index contributed by atoms with van der Waals surface area (Å²) in [5.41, 5.74) is 0.716. The number of anilines is 1. The molecule has 0 unspecified atom stereocenters. The number of amides is 1. The smallest absolute Gasteiger partial charge is 0.227 e. The number of carbonyl (C=O) groups excluding carboxylic acids is 1. The van der Waals surface area contributed by atoms with Gasteiger partial charge in [0.2, 0.25) is 5.91 Å². The molecule has 1 fully saturated rings. The molecule has 0 spiro atoms. The Kier molecular flexibility index (Phi) is 6.29. The van der Waals surface area contributed by atoms with Crippen molar-refractivity contribution in [2.24, 2.45) is 5.92 Å². The highest BCUT2D eigenvalue weighted by atomic mass is 79.9. The molecule has 0 atom stereocenters. The van der Waals surface area contributed by atoms with E-state index in [9.17, 15) is 4.79 Å². The lowest BCUT2D eigenvalue weighted by molar-refractivity contribution is -0.127. The molecular weight excluding hydrogens is 296 g/mol. The molecule has 1 N–H and O–H groups in total. The number of hydrogen-bond acceptors (Lipinski definition) is 3. The highest BCUT2D eigenvalue weighted by Gasteiger charge is 2.34. The van der Waals surface area contributed by atoms with Gasteiger partial charge >= 0.3 is 0 Å². The SMILES string of the molecule is CC.COC1CC(C(=O)Nc2cccnc2Br)C1. The number of nitrogens with one attached hydrogen (secondary N) is 1. The lowest BCUT2D eigenvalue weighted by Gasteiger charge is -2.32. The molecule has 0 radical (unpaired) electrons. The van der Waals surface area contributed by atoms with Gasteiger partial charge in [0.25, 0.3) is 0 Å². The maximum absolute atomic E-state index is 11.8. The standard InChI is InChI=1S/C11H13BrN2O2.C2H6/c1-16-8-5-7(6-8)11(15)14-9-3-2-4-13-10(9)12;1-2/h2-4,7-8H,5-6H2,1H3,(H,14,15);1-2H3. The van der Waals surface area contributed by atoms with E-state index in [0.29, 0.717) is 10.3 Å². The van der Waals surface area contributed by atoms with Crippen LogP contribution in [0.3, 0.4) is 0 Å². The first-order valence-electron chi connectivity index (χ1n) is 6.15. The second kappa shape index (κ2) is 7.48. The maximum Gasteiger partial charge on any atom is 0.227 e. The molecule has 1 aromatic rings. The fourth-order valence-electron chi connectivity index (χ4n) is 1.69. The minimum atomic E-state index is 0.0435. The van der Waals surface area contributed by atoms with E-state index in [-0.39, 0.29) is 17.9 Å². The second-order valence-corrected chi connectivity index (χ2v) is 4.61. The first-order chi connectivity index (χ1) is 8.70. The number of nitrogens with zero attached hydrogens (tertiary/aromatic N) is 1. The number of halogens is 1. The lowest BCUT2D eigenvalue weighted by atomic mass is 9.81. The van der Waals surface area contributed by atoms with Crippen molar-refractivity contribution >= 4 is 27.5 Å². The topological polar surface area (TPSA) is 51.2 Å². The van der Waals surface area contributed by atoms with Crippen molar-refractivity contribution in [3.63, 3.8) is 0 Å². The van der Waals surface area contributed by atoms with E-state index >= 15 is 0 Å². The average Bonchev–Trinajstić information content (AvgIpc) is 2.33. The van der Waals surface area contributed by atoms with E-state index in [0.717, 1.165) is 12.8 Å². The van der Waals surface area contributed by atoms with Crippen molar-refractivity contribution in [3.8, 4) is 0 Å². The minimum absolute atomic E-state index is 0.0435. The Morgan fingerprint density at radius 1 is 1.50 bits per heavy atom. The van der Waals surface area contributed by atoms with Crippen molar-refractivity contribution in [1.82, 2.24) is 4.98 Å². The van der Waals surface area contributed by atoms with Crippen molar-refractivity contribution in [3.05, 3.63) is 22.9 Å². The van der Waals surface area contributed by atoms with E-state index in [2.05, 4.69) is 26.2 Å². The first kappa shape index (κ1) is 15.1. The summed E-state index contributed by atoms with van der Waals surface area (Å²) in [6, 6.07) is 3.61. The Hall–Kier alpha value is -0.940. The van der Waals surface area contributed by atoms with Crippen molar-refractivity contribution < 1.29 is 9.53 Å². The second-order valence-electron chi connectivity index (χ2n) is 3.86. The number of rotatable bonds is 3. The Bertz CT molecular complexity index is 392. The molecule has 0 aliphatic heterocycles. The van der Waals surface area contributed by atoms with Crippen LogP contribution in [0.5, 0.6) is 0 Å². The average molecular weight is 315 g/mol. The van der Waals surface area contributed by atoms with Crippen LogP contribution >= 0.6 is 15.9 Å². The van der Waals surface area contributed by atoms with E-state index in [4.69, 9.17) is 4.74 Å². The molecule has 4 nitrogen and oxygen atoms in total. The van der Waals surface area contributed by atoms with Crippen LogP contribution in [0.2, 0.25) is 0 Å². The van der Waals surface area contributed by atoms with Crippen molar-refractivity contribution in [2.45, 2.75) is 32.8 Å². The number of aromatic nitrogens is 1. The molecule has 1 heterocycles. The number of hydrogen-bond donors (Lipinski definition) is 1. The third kappa shape index (κ3) is 3.78. The van der Waals surface area contributed by atoms with Gasteiger partial charge in [0.1, 0.15) is 4.60 Å². The van der Waals surface area contributed by atoms with Crippen LogP contribution in [-0.4, -0.2) is 24.1 Å². The minimum Gasteiger partial charge on any atom is -0.381 e. The van der Waals surface area contributed by atoms with Gasteiger partial charge in [0, 0.05) is 19.2 Å². The molecule has 1 aliphatic rings. The summed E-state index contributed by atoms with van der Waals surface area (Å²) in [7, 11) is 1.68. The summed E-state index contributed by atoms with van der Waals surface area (Å²) in [4.78, 5) is 15.8. The van der Waals surface area contributed by atoms with Gasteiger partial charge in [-0.1, -0.05) is 13.8 Å². The summed E-state index contributed by atoms with van der Waals surface area (Å²) in [5.74, 6) is 0.110. The van der Waals surface area contributed by atoms with E-state index in [1.165, 1.54) is 0 Å². The largest absolute Gasteiger partial charge is 0.381 e. The highest BCUT2D eigenvalue weighted by Crippen LogP contribution is 2.31. The molecule has 100 valence electrons. The molecule has 1 aliphatic carbocycles. The zero-order valence-corrected chi connectivity index (χ0v) is 12.5. The summed E-state index contributed by atoms with van der Waals surface area (Å²) in [6.07, 6.45) is 3.53. The zero-order valence-electron chi connectivity index (χ0n) is 10.9. The van der Waals surface area contributed by atoms with Crippen LogP contribution in [0.15, 0.2) is 22.9 Å². The number of pyridine rings is 1. The molecule has 0 saturated heterocycles. The number of methoxy groups -OCH3 is 1. The first-order valence-corrected chi connectivity index (χ1v) is 6.94. The summed E-state index contributed by atoms with van der Waals surface area (Å²) in [6.45, 7) is 4.00. The molecule has 1 saturated carbocycles. The molecular formula is C13H19BrN2O2. The van der Waals surface area contributed by atoms with E-state index in [1.807, 2.05) is 19.9 Å². The molecule has 0 aromatic carbocycles. The van der Waals surface area contributed by atoms with Gasteiger partial charge in [-0.25, -0.2) is 4.98 Å². The molecule has 2 rings (SSSR count). The lowest BCUT2D eigenvalue weighted by Crippen LogP contribution is -2.38. The van der Waals surface area contributed by atoms with Gasteiger partial charge in [-0.15, -0.1) is 0 Å². The maximum atomic E-state index is 11.8. The van der Waals surface area contributed by atoms with Crippen LogP contribution in [-0.2, 0) is 9.53 Å². The van der Waals surface area contributed by atoms with Crippen LogP contribution in [0.4, 0.5) is 5.69 Å². The Morgan fingerprint density at radius 2 is 2.17 bits per heavy atom. The Morgan fingerprint density at radius 3 is 2.72 bits per heavy atom. The van der Waals surface area contributed by atoms with Gasteiger partial charge < -0.3 is 10.1 Å². The third-order valence-corrected chi connectivity index (χ3v) is 3.45. The van der Waals surface area contributed by atoms with E-state index < -0.39 is 0 Å². The number of carbonyl (C=O) groups is 1. The molecule has 18 heavy (non-hydrogen) atoms. The quantitative estimate of drug-likeness (QED) is 0.871. The van der Waals surface area contributed by atoms with Gasteiger partial charge in [0.05, 0.1) is 11.8 Å². The molecule has 0 bridgehead atoms. The summed E-state index contributed by atoms with van der Waals surface area (Å²) in [5, 5.41) is 2.85. The van der Waals surface area contributed by atoms with E-state index in [1.54, 1.807) is 19.4 Å². The van der Waals surface area contributed by atoms with Crippen LogP contribution in [0.1, 0.15) is 26.7 Å². The Labute approximate surface area is 116 Å². The highest BCUT2D eigenvalue weighted by molar-refractivity contribution is 9.10. The normalized spacial score (nSPS) is 21.3. The zero-order chi connectivity index (χ0) is 13.5. The van der Waals surface area contributed by atoms with Gasteiger partial charge in [-0.3, -0.25) is 4.79 Å². The summed E-state index contributed by atoms with van der Waals surface area (Å²) >= 11 is 3.29. The van der Waals surface area contributed by atoms with Crippen LogP contribution < -0.4 is 5.32 Å². The molecule has 5 heteroatoms. The third-order valence-electron chi connectivity index (χ3n) is 2.82. The predicted octanol–water partition coefficient (Wildman–Crippen LogP) is 3.23.